The molecule has 1 heterocycles. The molecule has 0 saturated heterocycles. The maximum atomic E-state index is 12.5. The molecule has 160 valence electrons. The van der Waals surface area contributed by atoms with Crippen LogP contribution in [-0.4, -0.2) is 49.1 Å². The number of amides is 1. The standard InChI is InChI=1S/C21H33N3O4Si/c1-15(25)23(14-28-10-11-29(3,4)5)21-22-17-12-19(26)20(27-2)13-18(17)24(21)16-8-6-7-9-16/h12-13,16,26H,6-11,14H2,1-5H3. The van der Waals surface area contributed by atoms with Crippen molar-refractivity contribution in [1.82, 2.24) is 9.55 Å². The van der Waals surface area contributed by atoms with Gasteiger partial charge in [-0.15, -0.1) is 0 Å². The van der Waals surface area contributed by atoms with Gasteiger partial charge in [-0.25, -0.2) is 4.98 Å². The zero-order valence-corrected chi connectivity index (χ0v) is 19.2. The lowest BCUT2D eigenvalue weighted by atomic mass is 10.2. The molecule has 1 aromatic heterocycles. The summed E-state index contributed by atoms with van der Waals surface area (Å²) < 4.78 is 13.3. The fraction of sp³-hybridized carbons (Fsp3) is 0.619. The number of phenolic OH excluding ortho intramolecular Hbond substituents is 1. The molecule has 0 spiro atoms. The second-order valence-electron chi connectivity index (χ2n) is 9.03. The van der Waals surface area contributed by atoms with E-state index in [-0.39, 0.29) is 24.4 Å². The first-order chi connectivity index (χ1) is 13.7. The molecule has 2 aromatic rings. The molecule has 1 saturated carbocycles. The first kappa shape index (κ1) is 21.6. The molecule has 7 nitrogen and oxygen atoms in total. The first-order valence-electron chi connectivity index (χ1n) is 10.4. The van der Waals surface area contributed by atoms with Gasteiger partial charge in [0.2, 0.25) is 11.9 Å². The number of hydrogen-bond acceptors (Lipinski definition) is 5. The van der Waals surface area contributed by atoms with E-state index in [9.17, 15) is 9.90 Å². The van der Waals surface area contributed by atoms with Crippen molar-refractivity contribution in [3.63, 3.8) is 0 Å². The Hall–Kier alpha value is -2.06. The van der Waals surface area contributed by atoms with Gasteiger partial charge in [0, 0.05) is 39.8 Å². The molecule has 1 fully saturated rings. The quantitative estimate of drug-likeness (QED) is 0.386. The Morgan fingerprint density at radius 2 is 2.00 bits per heavy atom. The van der Waals surface area contributed by atoms with Crippen molar-refractivity contribution < 1.29 is 19.4 Å². The Balaban J connectivity index is 1.98. The monoisotopic (exact) mass is 419 g/mol. The molecule has 0 atom stereocenters. The number of rotatable bonds is 8. The predicted octanol–water partition coefficient (Wildman–Crippen LogP) is 4.53. The van der Waals surface area contributed by atoms with Gasteiger partial charge in [-0.05, 0) is 18.9 Å². The van der Waals surface area contributed by atoms with Gasteiger partial charge in [-0.3, -0.25) is 9.69 Å². The number of anilines is 1. The first-order valence-corrected chi connectivity index (χ1v) is 14.1. The van der Waals surface area contributed by atoms with Crippen LogP contribution in [0.2, 0.25) is 25.7 Å². The van der Waals surface area contributed by atoms with Crippen molar-refractivity contribution in [3.05, 3.63) is 12.1 Å². The molecule has 1 N–H and O–H groups in total. The number of aromatic hydroxyl groups is 1. The van der Waals surface area contributed by atoms with Gasteiger partial charge in [0.05, 0.1) is 18.1 Å². The molecule has 0 radical (unpaired) electrons. The number of fused-ring (bicyclic) bond motifs is 1. The second kappa shape index (κ2) is 8.75. The number of carbonyl (C=O) groups excluding carboxylic acids is 1. The average molecular weight is 420 g/mol. The summed E-state index contributed by atoms with van der Waals surface area (Å²) in [7, 11) is 0.332. The summed E-state index contributed by atoms with van der Waals surface area (Å²) in [5.74, 6) is 0.927. The molecule has 0 aliphatic heterocycles. The van der Waals surface area contributed by atoms with Crippen molar-refractivity contribution in [2.75, 3.05) is 25.3 Å². The van der Waals surface area contributed by atoms with Crippen LogP contribution >= 0.6 is 0 Å². The number of phenols is 1. The zero-order chi connectivity index (χ0) is 21.2. The number of hydrogen-bond donors (Lipinski definition) is 1. The van der Waals surface area contributed by atoms with Crippen LogP contribution in [0.5, 0.6) is 11.5 Å². The fourth-order valence-electron chi connectivity index (χ4n) is 3.80. The van der Waals surface area contributed by atoms with E-state index >= 15 is 0 Å². The SMILES string of the molecule is COc1cc2c(cc1O)nc(N(COCC[Si](C)(C)C)C(C)=O)n2C1CCCC1. The summed E-state index contributed by atoms with van der Waals surface area (Å²) >= 11 is 0. The van der Waals surface area contributed by atoms with Crippen molar-refractivity contribution >= 4 is 31.0 Å². The lowest BCUT2D eigenvalue weighted by molar-refractivity contribution is -0.117. The third-order valence-electron chi connectivity index (χ3n) is 5.50. The van der Waals surface area contributed by atoms with Gasteiger partial charge in [0.25, 0.3) is 0 Å². The number of carbonyl (C=O) groups is 1. The van der Waals surface area contributed by atoms with Crippen LogP contribution in [0.4, 0.5) is 5.95 Å². The zero-order valence-electron chi connectivity index (χ0n) is 18.2. The van der Waals surface area contributed by atoms with Gasteiger partial charge in [0.15, 0.2) is 11.5 Å². The fourth-order valence-corrected chi connectivity index (χ4v) is 4.56. The summed E-state index contributed by atoms with van der Waals surface area (Å²) in [6.07, 6.45) is 4.41. The number of aromatic nitrogens is 2. The van der Waals surface area contributed by atoms with Crippen molar-refractivity contribution in [1.29, 1.82) is 0 Å². The lowest BCUT2D eigenvalue weighted by Crippen LogP contribution is -2.34. The van der Waals surface area contributed by atoms with Crippen molar-refractivity contribution in [2.24, 2.45) is 0 Å². The van der Waals surface area contributed by atoms with Gasteiger partial charge in [0.1, 0.15) is 6.73 Å². The van der Waals surface area contributed by atoms with Crippen LogP contribution < -0.4 is 9.64 Å². The smallest absolute Gasteiger partial charge is 0.228 e. The number of nitrogens with zero attached hydrogens (tertiary/aromatic N) is 3. The molecule has 1 aliphatic carbocycles. The lowest BCUT2D eigenvalue weighted by Gasteiger charge is -2.25. The Morgan fingerprint density at radius 1 is 1.31 bits per heavy atom. The molecule has 3 rings (SSSR count). The minimum absolute atomic E-state index is 0.0448. The largest absolute Gasteiger partial charge is 0.504 e. The van der Waals surface area contributed by atoms with Gasteiger partial charge in [-0.2, -0.15) is 0 Å². The van der Waals surface area contributed by atoms with Crippen LogP contribution in [0, 0.1) is 0 Å². The van der Waals surface area contributed by atoms with E-state index in [2.05, 4.69) is 24.2 Å². The van der Waals surface area contributed by atoms with E-state index in [0.29, 0.717) is 23.8 Å². The molecular formula is C21H33N3O4Si. The van der Waals surface area contributed by atoms with Crippen LogP contribution in [0.25, 0.3) is 11.0 Å². The van der Waals surface area contributed by atoms with Gasteiger partial charge < -0.3 is 19.1 Å². The Morgan fingerprint density at radius 3 is 2.59 bits per heavy atom. The highest BCUT2D eigenvalue weighted by atomic mass is 28.3. The van der Waals surface area contributed by atoms with Gasteiger partial charge in [-0.1, -0.05) is 32.5 Å². The highest BCUT2D eigenvalue weighted by Crippen LogP contribution is 2.39. The highest BCUT2D eigenvalue weighted by molar-refractivity contribution is 6.76. The number of imidazole rings is 1. The van der Waals surface area contributed by atoms with E-state index in [0.717, 1.165) is 37.2 Å². The van der Waals surface area contributed by atoms with Crippen molar-refractivity contribution in [2.45, 2.75) is 64.3 Å². The van der Waals surface area contributed by atoms with Crippen LogP contribution in [-0.2, 0) is 9.53 Å². The third-order valence-corrected chi connectivity index (χ3v) is 7.20. The Kier molecular flexibility index (Phi) is 6.53. The molecule has 29 heavy (non-hydrogen) atoms. The molecule has 1 amide bonds. The number of methoxy groups -OCH3 is 1. The Bertz CT molecular complexity index is 869. The predicted molar refractivity (Wildman–Crippen MR) is 118 cm³/mol. The van der Waals surface area contributed by atoms with Crippen LogP contribution in [0.3, 0.4) is 0 Å². The van der Waals surface area contributed by atoms with E-state index in [1.54, 1.807) is 11.0 Å². The third kappa shape index (κ3) is 4.92. The van der Waals surface area contributed by atoms with Gasteiger partial charge >= 0.3 is 0 Å². The molecule has 0 unspecified atom stereocenters. The normalized spacial score (nSPS) is 15.2. The van der Waals surface area contributed by atoms with E-state index in [4.69, 9.17) is 14.5 Å². The summed E-state index contributed by atoms with van der Waals surface area (Å²) in [6, 6.07) is 4.73. The number of benzene rings is 1. The highest BCUT2D eigenvalue weighted by Gasteiger charge is 2.28. The minimum atomic E-state index is -1.20. The van der Waals surface area contributed by atoms with Crippen LogP contribution in [0.1, 0.15) is 38.6 Å². The average Bonchev–Trinajstić information content (AvgIpc) is 3.26. The van der Waals surface area contributed by atoms with E-state index in [1.807, 2.05) is 6.07 Å². The molecular weight excluding hydrogens is 386 g/mol. The summed E-state index contributed by atoms with van der Waals surface area (Å²) in [5.41, 5.74) is 1.52. The molecule has 1 aliphatic rings. The molecule has 0 bridgehead atoms. The van der Waals surface area contributed by atoms with Crippen LogP contribution in [0.15, 0.2) is 12.1 Å². The summed E-state index contributed by atoms with van der Waals surface area (Å²) in [6.45, 7) is 9.27. The summed E-state index contributed by atoms with van der Waals surface area (Å²) in [4.78, 5) is 18.8. The maximum absolute atomic E-state index is 12.5. The molecule has 8 heteroatoms. The number of ether oxygens (including phenoxy) is 2. The van der Waals surface area contributed by atoms with E-state index < -0.39 is 8.07 Å². The van der Waals surface area contributed by atoms with E-state index in [1.165, 1.54) is 14.0 Å². The minimum Gasteiger partial charge on any atom is -0.504 e. The second-order valence-corrected chi connectivity index (χ2v) is 14.6. The topological polar surface area (TPSA) is 76.8 Å². The maximum Gasteiger partial charge on any atom is 0.228 e. The molecule has 1 aromatic carbocycles. The Labute approximate surface area is 173 Å². The summed E-state index contributed by atoms with van der Waals surface area (Å²) in [5, 5.41) is 10.2. The van der Waals surface area contributed by atoms with Crippen molar-refractivity contribution in [3.8, 4) is 11.5 Å².